The number of rotatable bonds is 7. The first-order valence-corrected chi connectivity index (χ1v) is 9.44. The average molecular weight is 367 g/mol. The number of benzene rings is 2. The zero-order valence-corrected chi connectivity index (χ0v) is 15.4. The molecular weight excluding hydrogens is 342 g/mol. The molecule has 2 aromatic rings. The Morgan fingerprint density at radius 1 is 0.926 bits per heavy atom. The Labute approximate surface area is 159 Å². The number of hydrogen-bond donors (Lipinski definition) is 1. The third-order valence-electron chi connectivity index (χ3n) is 4.67. The molecule has 0 aromatic heterocycles. The molecule has 0 aliphatic heterocycles. The van der Waals surface area contributed by atoms with Gasteiger partial charge in [-0.15, -0.1) is 0 Å². The molecule has 1 amide bonds. The summed E-state index contributed by atoms with van der Waals surface area (Å²) < 4.78 is 10.9. The summed E-state index contributed by atoms with van der Waals surface area (Å²) in [6, 6.07) is 17.0. The molecule has 5 heteroatoms. The van der Waals surface area contributed by atoms with Crippen LogP contribution >= 0.6 is 0 Å². The third kappa shape index (κ3) is 6.13. The Kier molecular flexibility index (Phi) is 6.85. The van der Waals surface area contributed by atoms with Crippen molar-refractivity contribution in [1.29, 1.82) is 0 Å². The maximum Gasteiger partial charge on any atom is 0.309 e. The lowest BCUT2D eigenvalue weighted by molar-refractivity contribution is -0.152. The number of amides is 1. The summed E-state index contributed by atoms with van der Waals surface area (Å²) >= 11 is 0. The van der Waals surface area contributed by atoms with Gasteiger partial charge >= 0.3 is 5.97 Å². The minimum Gasteiger partial charge on any atom is -0.489 e. The number of carbonyl (C=O) groups is 2. The zero-order chi connectivity index (χ0) is 18.9. The Hall–Kier alpha value is -2.82. The van der Waals surface area contributed by atoms with E-state index in [1.807, 2.05) is 30.3 Å². The molecule has 1 aliphatic carbocycles. The Balaban J connectivity index is 1.40. The lowest BCUT2D eigenvalue weighted by Gasteiger charge is -2.19. The molecule has 0 spiro atoms. The predicted molar refractivity (Wildman–Crippen MR) is 103 cm³/mol. The van der Waals surface area contributed by atoms with Crippen molar-refractivity contribution in [3.05, 3.63) is 60.2 Å². The third-order valence-corrected chi connectivity index (χ3v) is 4.67. The summed E-state index contributed by atoms with van der Waals surface area (Å²) in [6.07, 6.45) is 5.03. The highest BCUT2D eigenvalue weighted by Crippen LogP contribution is 2.24. The molecule has 5 nitrogen and oxygen atoms in total. The molecule has 142 valence electrons. The minimum atomic E-state index is -0.336. The van der Waals surface area contributed by atoms with Crippen molar-refractivity contribution >= 4 is 17.6 Å². The lowest BCUT2D eigenvalue weighted by Crippen LogP contribution is -2.26. The van der Waals surface area contributed by atoms with Gasteiger partial charge in [0.1, 0.15) is 12.4 Å². The van der Waals surface area contributed by atoms with Gasteiger partial charge in [-0.25, -0.2) is 0 Å². The molecule has 0 saturated heterocycles. The van der Waals surface area contributed by atoms with E-state index in [2.05, 4.69) is 5.32 Å². The van der Waals surface area contributed by atoms with E-state index in [-0.39, 0.29) is 24.4 Å². The minimum absolute atomic E-state index is 0.0485. The van der Waals surface area contributed by atoms with Gasteiger partial charge in [-0.2, -0.15) is 0 Å². The Morgan fingerprint density at radius 2 is 1.63 bits per heavy atom. The number of anilines is 1. The van der Waals surface area contributed by atoms with Crippen LogP contribution in [0.15, 0.2) is 54.6 Å². The molecule has 1 aliphatic rings. The van der Waals surface area contributed by atoms with E-state index in [9.17, 15) is 9.59 Å². The fourth-order valence-corrected chi connectivity index (χ4v) is 3.17. The number of nitrogens with one attached hydrogen (secondary N) is 1. The van der Waals surface area contributed by atoms with E-state index in [4.69, 9.17) is 9.47 Å². The largest absolute Gasteiger partial charge is 0.489 e. The fourth-order valence-electron chi connectivity index (χ4n) is 3.17. The summed E-state index contributed by atoms with van der Waals surface area (Å²) in [5, 5.41) is 2.73. The topological polar surface area (TPSA) is 64.6 Å². The van der Waals surface area contributed by atoms with E-state index >= 15 is 0 Å². The molecular formula is C22H25NO4. The highest BCUT2D eigenvalue weighted by atomic mass is 16.5. The first kappa shape index (κ1) is 19.0. The van der Waals surface area contributed by atoms with Crippen molar-refractivity contribution < 1.29 is 19.1 Å². The van der Waals surface area contributed by atoms with Gasteiger partial charge in [0.25, 0.3) is 5.91 Å². The van der Waals surface area contributed by atoms with Crippen molar-refractivity contribution in [2.24, 2.45) is 5.92 Å². The molecule has 1 fully saturated rings. The number of carbonyl (C=O) groups excluding carboxylic acids is 2. The Bertz CT molecular complexity index is 737. The van der Waals surface area contributed by atoms with Crippen LogP contribution in [0.5, 0.6) is 5.75 Å². The van der Waals surface area contributed by atoms with Gasteiger partial charge in [0.2, 0.25) is 0 Å². The molecule has 1 N–H and O–H groups in total. The van der Waals surface area contributed by atoms with Gasteiger partial charge in [0, 0.05) is 5.69 Å². The van der Waals surface area contributed by atoms with Crippen LogP contribution in [-0.2, 0) is 20.9 Å². The van der Waals surface area contributed by atoms with Crippen LogP contribution in [0.25, 0.3) is 0 Å². The quantitative estimate of drug-likeness (QED) is 0.740. The maximum atomic E-state index is 12.0. The highest BCUT2D eigenvalue weighted by molar-refractivity contribution is 5.92. The van der Waals surface area contributed by atoms with Crippen LogP contribution in [0.2, 0.25) is 0 Å². The van der Waals surface area contributed by atoms with E-state index in [0.29, 0.717) is 12.3 Å². The first-order chi connectivity index (χ1) is 13.2. The monoisotopic (exact) mass is 367 g/mol. The Morgan fingerprint density at radius 3 is 2.33 bits per heavy atom. The van der Waals surface area contributed by atoms with Crippen LogP contribution in [-0.4, -0.2) is 18.5 Å². The first-order valence-electron chi connectivity index (χ1n) is 9.44. The van der Waals surface area contributed by atoms with E-state index in [1.165, 1.54) is 6.42 Å². The number of hydrogen-bond acceptors (Lipinski definition) is 4. The summed E-state index contributed by atoms with van der Waals surface area (Å²) in [6.45, 7) is 0.241. The second-order valence-corrected chi connectivity index (χ2v) is 6.79. The molecule has 0 atom stereocenters. The van der Waals surface area contributed by atoms with Gasteiger partial charge < -0.3 is 14.8 Å². The van der Waals surface area contributed by atoms with Gasteiger partial charge in [-0.1, -0.05) is 49.6 Å². The molecule has 3 rings (SSSR count). The molecule has 0 unspecified atom stereocenters. The second kappa shape index (κ2) is 9.76. The summed E-state index contributed by atoms with van der Waals surface area (Å²) in [5.74, 6) is 0.0831. The van der Waals surface area contributed by atoms with Crippen LogP contribution in [0.4, 0.5) is 5.69 Å². The fraction of sp³-hybridized carbons (Fsp3) is 0.364. The van der Waals surface area contributed by atoms with Gasteiger partial charge in [-0.3, -0.25) is 9.59 Å². The van der Waals surface area contributed by atoms with Crippen molar-refractivity contribution in [2.75, 3.05) is 11.9 Å². The smallest absolute Gasteiger partial charge is 0.309 e. The maximum absolute atomic E-state index is 12.0. The van der Waals surface area contributed by atoms with Gasteiger partial charge in [0.15, 0.2) is 6.61 Å². The predicted octanol–water partition coefficient (Wildman–Crippen LogP) is 4.33. The summed E-state index contributed by atoms with van der Waals surface area (Å²) in [4.78, 5) is 23.9. The molecule has 1 saturated carbocycles. The van der Waals surface area contributed by atoms with Crippen molar-refractivity contribution in [3.63, 3.8) is 0 Å². The molecule has 27 heavy (non-hydrogen) atoms. The van der Waals surface area contributed by atoms with E-state index in [0.717, 1.165) is 37.0 Å². The lowest BCUT2D eigenvalue weighted by atomic mass is 9.89. The van der Waals surface area contributed by atoms with Crippen molar-refractivity contribution in [1.82, 2.24) is 0 Å². The number of esters is 1. The number of ether oxygens (including phenoxy) is 2. The molecule has 0 heterocycles. The van der Waals surface area contributed by atoms with Crippen molar-refractivity contribution in [3.8, 4) is 5.75 Å². The summed E-state index contributed by atoms with van der Waals surface area (Å²) in [5.41, 5.74) is 1.73. The second-order valence-electron chi connectivity index (χ2n) is 6.79. The van der Waals surface area contributed by atoms with Crippen LogP contribution in [0.1, 0.15) is 37.7 Å². The molecule has 0 radical (unpaired) electrons. The van der Waals surface area contributed by atoms with E-state index in [1.54, 1.807) is 24.3 Å². The SMILES string of the molecule is O=C(COC(=O)C1CCCCC1)Nc1ccc(OCc2ccccc2)cc1. The zero-order valence-electron chi connectivity index (χ0n) is 15.4. The molecule has 0 bridgehead atoms. The highest BCUT2D eigenvalue weighted by Gasteiger charge is 2.23. The van der Waals surface area contributed by atoms with Gasteiger partial charge in [0.05, 0.1) is 5.92 Å². The standard InChI is InChI=1S/C22H25NO4/c24-21(16-27-22(25)18-9-5-2-6-10-18)23-19-11-13-20(14-12-19)26-15-17-7-3-1-4-8-17/h1,3-4,7-8,11-14,18H,2,5-6,9-10,15-16H2,(H,23,24). The average Bonchev–Trinajstić information content (AvgIpc) is 2.73. The van der Waals surface area contributed by atoms with Crippen LogP contribution < -0.4 is 10.1 Å². The summed E-state index contributed by atoms with van der Waals surface area (Å²) in [7, 11) is 0. The molecule has 2 aromatic carbocycles. The van der Waals surface area contributed by atoms with Crippen LogP contribution in [0.3, 0.4) is 0 Å². The normalized spacial score (nSPS) is 14.4. The van der Waals surface area contributed by atoms with Crippen LogP contribution in [0, 0.1) is 5.92 Å². The van der Waals surface area contributed by atoms with E-state index < -0.39 is 0 Å². The van der Waals surface area contributed by atoms with Crippen molar-refractivity contribution in [2.45, 2.75) is 38.7 Å². The van der Waals surface area contributed by atoms with Gasteiger partial charge in [-0.05, 0) is 42.7 Å².